The Morgan fingerprint density at radius 1 is 1.10 bits per heavy atom. The first-order valence-corrected chi connectivity index (χ1v) is 8.98. The normalized spacial score (nSPS) is 31.9. The van der Waals surface area contributed by atoms with Crippen LogP contribution in [-0.2, 0) is 0 Å². The summed E-state index contributed by atoms with van der Waals surface area (Å²) in [6.07, 6.45) is 9.90. The molecule has 0 aromatic heterocycles. The SMILES string of the molecule is CCCC1(CN2CCN3CCCCC3C2)CCNCC1. The lowest BCUT2D eigenvalue weighted by Gasteiger charge is -2.48. The molecule has 3 heterocycles. The maximum Gasteiger partial charge on any atom is 0.0223 e. The van der Waals surface area contributed by atoms with Crippen molar-refractivity contribution in [3.63, 3.8) is 0 Å². The Bertz CT molecular complexity index is 293. The van der Waals surface area contributed by atoms with Crippen molar-refractivity contribution in [3.8, 4) is 0 Å². The summed E-state index contributed by atoms with van der Waals surface area (Å²) in [7, 11) is 0. The lowest BCUT2D eigenvalue weighted by Crippen LogP contribution is -2.57. The van der Waals surface area contributed by atoms with Gasteiger partial charge in [0, 0.05) is 32.2 Å². The molecule has 1 N–H and O–H groups in total. The average molecular weight is 279 g/mol. The Hall–Kier alpha value is -0.120. The summed E-state index contributed by atoms with van der Waals surface area (Å²) in [6.45, 7) is 11.6. The summed E-state index contributed by atoms with van der Waals surface area (Å²) in [4.78, 5) is 5.57. The third-order valence-electron chi connectivity index (χ3n) is 5.93. The minimum atomic E-state index is 0.622. The van der Waals surface area contributed by atoms with E-state index in [0.29, 0.717) is 5.41 Å². The first-order chi connectivity index (χ1) is 9.81. The molecule has 0 saturated carbocycles. The van der Waals surface area contributed by atoms with Gasteiger partial charge in [-0.25, -0.2) is 0 Å². The molecule has 0 amide bonds. The van der Waals surface area contributed by atoms with Gasteiger partial charge in [0.1, 0.15) is 0 Å². The molecular formula is C17H33N3. The zero-order valence-corrected chi connectivity index (χ0v) is 13.4. The number of nitrogens with one attached hydrogen (secondary N) is 1. The van der Waals surface area contributed by atoms with Crippen molar-refractivity contribution in [1.29, 1.82) is 0 Å². The van der Waals surface area contributed by atoms with Gasteiger partial charge in [-0.05, 0) is 57.2 Å². The molecule has 3 fully saturated rings. The van der Waals surface area contributed by atoms with Crippen molar-refractivity contribution in [3.05, 3.63) is 0 Å². The van der Waals surface area contributed by atoms with Gasteiger partial charge in [-0.2, -0.15) is 0 Å². The van der Waals surface area contributed by atoms with Gasteiger partial charge < -0.3 is 5.32 Å². The van der Waals surface area contributed by atoms with Crippen molar-refractivity contribution < 1.29 is 0 Å². The highest BCUT2D eigenvalue weighted by atomic mass is 15.3. The lowest BCUT2D eigenvalue weighted by molar-refractivity contribution is 0.0150. The number of hydrogen-bond donors (Lipinski definition) is 1. The molecule has 0 aliphatic carbocycles. The number of piperazine rings is 1. The highest BCUT2D eigenvalue weighted by Gasteiger charge is 2.36. The Labute approximate surface area is 125 Å². The first-order valence-electron chi connectivity index (χ1n) is 8.98. The summed E-state index contributed by atoms with van der Waals surface area (Å²) >= 11 is 0. The van der Waals surface area contributed by atoms with Crippen molar-refractivity contribution in [2.24, 2.45) is 5.41 Å². The van der Waals surface area contributed by atoms with E-state index in [-0.39, 0.29) is 0 Å². The number of fused-ring (bicyclic) bond motifs is 1. The number of hydrogen-bond acceptors (Lipinski definition) is 3. The second-order valence-corrected chi connectivity index (χ2v) is 7.42. The van der Waals surface area contributed by atoms with Crippen LogP contribution < -0.4 is 5.32 Å². The minimum Gasteiger partial charge on any atom is -0.317 e. The summed E-state index contributed by atoms with van der Waals surface area (Å²) in [5, 5.41) is 3.55. The fraction of sp³-hybridized carbons (Fsp3) is 1.00. The highest BCUT2D eigenvalue weighted by Crippen LogP contribution is 2.36. The monoisotopic (exact) mass is 279 g/mol. The standard InChI is InChI=1S/C17H33N3/c1-2-6-17(7-9-18-10-8-17)15-19-12-13-20-11-4-3-5-16(20)14-19/h16,18H,2-15H2,1H3. The molecule has 116 valence electrons. The van der Waals surface area contributed by atoms with E-state index in [9.17, 15) is 0 Å². The van der Waals surface area contributed by atoms with Crippen molar-refractivity contribution in [2.75, 3.05) is 45.8 Å². The van der Waals surface area contributed by atoms with Crippen LogP contribution in [0.5, 0.6) is 0 Å². The highest BCUT2D eigenvalue weighted by molar-refractivity contribution is 4.91. The van der Waals surface area contributed by atoms with Crippen LogP contribution in [0.4, 0.5) is 0 Å². The van der Waals surface area contributed by atoms with E-state index in [0.717, 1.165) is 6.04 Å². The second-order valence-electron chi connectivity index (χ2n) is 7.42. The molecule has 3 heteroatoms. The smallest absolute Gasteiger partial charge is 0.0223 e. The average Bonchev–Trinajstić information content (AvgIpc) is 2.48. The van der Waals surface area contributed by atoms with E-state index in [4.69, 9.17) is 0 Å². The quantitative estimate of drug-likeness (QED) is 0.852. The van der Waals surface area contributed by atoms with E-state index >= 15 is 0 Å². The third-order valence-corrected chi connectivity index (χ3v) is 5.93. The van der Waals surface area contributed by atoms with Gasteiger partial charge in [0.2, 0.25) is 0 Å². The molecule has 3 nitrogen and oxygen atoms in total. The molecule has 0 spiro atoms. The van der Waals surface area contributed by atoms with Gasteiger partial charge >= 0.3 is 0 Å². The van der Waals surface area contributed by atoms with Crippen LogP contribution in [0.2, 0.25) is 0 Å². The Morgan fingerprint density at radius 2 is 1.95 bits per heavy atom. The Morgan fingerprint density at radius 3 is 2.75 bits per heavy atom. The molecule has 0 aromatic carbocycles. The molecular weight excluding hydrogens is 246 g/mol. The van der Waals surface area contributed by atoms with Crippen LogP contribution in [0.15, 0.2) is 0 Å². The first kappa shape index (κ1) is 14.8. The van der Waals surface area contributed by atoms with Crippen LogP contribution in [0.1, 0.15) is 51.9 Å². The Kier molecular flexibility index (Phi) is 5.00. The van der Waals surface area contributed by atoms with Crippen LogP contribution >= 0.6 is 0 Å². The molecule has 1 unspecified atom stereocenters. The number of piperidine rings is 2. The van der Waals surface area contributed by atoms with Gasteiger partial charge in [-0.1, -0.05) is 19.8 Å². The molecule has 3 rings (SSSR count). The largest absolute Gasteiger partial charge is 0.317 e. The van der Waals surface area contributed by atoms with Gasteiger partial charge in [0.25, 0.3) is 0 Å². The molecule has 0 aromatic rings. The van der Waals surface area contributed by atoms with Gasteiger partial charge in [-0.3, -0.25) is 9.80 Å². The molecule has 3 saturated heterocycles. The molecule has 1 atom stereocenters. The molecule has 0 bridgehead atoms. The van der Waals surface area contributed by atoms with E-state index in [2.05, 4.69) is 22.0 Å². The van der Waals surface area contributed by atoms with E-state index in [1.54, 1.807) is 0 Å². The molecule has 3 aliphatic heterocycles. The lowest BCUT2D eigenvalue weighted by atomic mass is 9.74. The zero-order valence-electron chi connectivity index (χ0n) is 13.4. The van der Waals surface area contributed by atoms with Gasteiger partial charge in [-0.15, -0.1) is 0 Å². The van der Waals surface area contributed by atoms with Gasteiger partial charge in [0.15, 0.2) is 0 Å². The van der Waals surface area contributed by atoms with Crippen molar-refractivity contribution in [1.82, 2.24) is 15.1 Å². The summed E-state index contributed by atoms with van der Waals surface area (Å²) in [5.74, 6) is 0. The van der Waals surface area contributed by atoms with Crippen LogP contribution in [0.3, 0.4) is 0 Å². The fourth-order valence-corrected chi connectivity index (χ4v) is 4.81. The number of nitrogens with zero attached hydrogens (tertiary/aromatic N) is 2. The predicted molar refractivity (Wildman–Crippen MR) is 85.1 cm³/mol. The van der Waals surface area contributed by atoms with E-state index in [1.807, 2.05) is 0 Å². The van der Waals surface area contributed by atoms with Crippen LogP contribution in [-0.4, -0.2) is 61.7 Å². The fourth-order valence-electron chi connectivity index (χ4n) is 4.81. The summed E-state index contributed by atoms with van der Waals surface area (Å²) in [6, 6.07) is 0.873. The zero-order chi connectivity index (χ0) is 13.8. The van der Waals surface area contributed by atoms with Crippen LogP contribution in [0.25, 0.3) is 0 Å². The third kappa shape index (κ3) is 3.37. The summed E-state index contributed by atoms with van der Waals surface area (Å²) < 4.78 is 0. The van der Waals surface area contributed by atoms with E-state index in [1.165, 1.54) is 90.8 Å². The topological polar surface area (TPSA) is 18.5 Å². The van der Waals surface area contributed by atoms with Crippen LogP contribution in [0, 0.1) is 5.41 Å². The molecule has 0 radical (unpaired) electrons. The molecule has 3 aliphatic rings. The van der Waals surface area contributed by atoms with Gasteiger partial charge in [0.05, 0.1) is 0 Å². The maximum absolute atomic E-state index is 3.55. The van der Waals surface area contributed by atoms with Crippen molar-refractivity contribution >= 4 is 0 Å². The minimum absolute atomic E-state index is 0.622. The van der Waals surface area contributed by atoms with Crippen molar-refractivity contribution in [2.45, 2.75) is 57.9 Å². The Balaban J connectivity index is 1.58. The maximum atomic E-state index is 3.55. The van der Waals surface area contributed by atoms with E-state index < -0.39 is 0 Å². The predicted octanol–water partition coefficient (Wildman–Crippen LogP) is 2.33. The summed E-state index contributed by atoms with van der Waals surface area (Å²) in [5.41, 5.74) is 0.622. The second kappa shape index (κ2) is 6.76. The molecule has 20 heavy (non-hydrogen) atoms. The number of rotatable bonds is 4.